The minimum atomic E-state index is 0.732. The van der Waals surface area contributed by atoms with Gasteiger partial charge in [-0.1, -0.05) is 26.0 Å². The van der Waals surface area contributed by atoms with Gasteiger partial charge in [-0.25, -0.2) is 0 Å². The van der Waals surface area contributed by atoms with E-state index in [0.29, 0.717) is 0 Å². The maximum atomic E-state index is 3.43. The van der Waals surface area contributed by atoms with Crippen molar-refractivity contribution in [3.05, 3.63) is 29.3 Å². The zero-order valence-corrected chi connectivity index (χ0v) is 14.3. The van der Waals surface area contributed by atoms with Crippen LogP contribution in [0.1, 0.15) is 31.4 Å². The van der Waals surface area contributed by atoms with E-state index in [4.69, 9.17) is 0 Å². The van der Waals surface area contributed by atoms with Crippen molar-refractivity contribution in [3.8, 4) is 0 Å². The van der Waals surface area contributed by atoms with Gasteiger partial charge in [-0.3, -0.25) is 0 Å². The first-order valence-electron chi connectivity index (χ1n) is 9.02. The molecule has 0 aromatic heterocycles. The van der Waals surface area contributed by atoms with Crippen LogP contribution >= 0.6 is 0 Å². The van der Waals surface area contributed by atoms with E-state index in [1.807, 2.05) is 0 Å². The second kappa shape index (κ2) is 7.47. The second-order valence-corrected chi connectivity index (χ2v) is 7.25. The Kier molecular flexibility index (Phi) is 5.37. The van der Waals surface area contributed by atoms with Crippen LogP contribution in [0, 0.1) is 5.92 Å². The Balaban J connectivity index is 1.65. The van der Waals surface area contributed by atoms with Crippen molar-refractivity contribution in [2.75, 3.05) is 50.7 Å². The molecule has 0 amide bonds. The van der Waals surface area contributed by atoms with Gasteiger partial charge in [0.2, 0.25) is 0 Å². The van der Waals surface area contributed by atoms with Gasteiger partial charge >= 0.3 is 0 Å². The molecule has 1 N–H and O–H groups in total. The number of hydrogen-bond donors (Lipinski definition) is 1. The van der Waals surface area contributed by atoms with E-state index in [-0.39, 0.29) is 0 Å². The lowest BCUT2D eigenvalue weighted by atomic mass is 9.97. The highest BCUT2D eigenvalue weighted by Gasteiger charge is 2.18. The van der Waals surface area contributed by atoms with Crippen molar-refractivity contribution in [2.24, 2.45) is 5.92 Å². The average molecular weight is 301 g/mol. The monoisotopic (exact) mass is 301 g/mol. The quantitative estimate of drug-likeness (QED) is 0.902. The first-order chi connectivity index (χ1) is 10.7. The molecule has 1 aromatic rings. The van der Waals surface area contributed by atoms with Gasteiger partial charge in [-0.15, -0.1) is 0 Å². The maximum Gasteiger partial charge on any atom is 0.0401 e. The number of aryl methyl sites for hydroxylation is 1. The van der Waals surface area contributed by atoms with Gasteiger partial charge < -0.3 is 15.1 Å². The van der Waals surface area contributed by atoms with Crippen LogP contribution in [0.15, 0.2) is 18.2 Å². The van der Waals surface area contributed by atoms with Crippen molar-refractivity contribution >= 4 is 5.69 Å². The molecule has 1 aromatic carbocycles. The fourth-order valence-corrected chi connectivity index (χ4v) is 3.70. The van der Waals surface area contributed by atoms with Gasteiger partial charge in [-0.05, 0) is 42.4 Å². The molecule has 3 heteroatoms. The molecule has 1 fully saturated rings. The van der Waals surface area contributed by atoms with E-state index in [2.05, 4.69) is 47.2 Å². The SMILES string of the molecule is CC(C)CN1CCCc2ccc(CCN3CCNCC3)cc21. The fourth-order valence-electron chi connectivity index (χ4n) is 3.70. The standard InChI is InChI=1S/C19H31N3/c1-16(2)15-22-10-3-4-18-6-5-17(14-19(18)22)7-11-21-12-8-20-9-13-21/h5-6,14,16,20H,3-4,7-13,15H2,1-2H3. The van der Waals surface area contributed by atoms with Crippen LogP contribution in [0.5, 0.6) is 0 Å². The minimum Gasteiger partial charge on any atom is -0.371 e. The second-order valence-electron chi connectivity index (χ2n) is 7.25. The number of rotatable bonds is 5. The van der Waals surface area contributed by atoms with Crippen LogP contribution in [-0.4, -0.2) is 50.7 Å². The molecule has 122 valence electrons. The molecule has 0 spiro atoms. The minimum absolute atomic E-state index is 0.732. The number of anilines is 1. The van der Waals surface area contributed by atoms with Gasteiger partial charge in [0.15, 0.2) is 0 Å². The van der Waals surface area contributed by atoms with Crippen molar-refractivity contribution in [1.29, 1.82) is 0 Å². The van der Waals surface area contributed by atoms with Crippen LogP contribution in [0.2, 0.25) is 0 Å². The molecule has 0 radical (unpaired) electrons. The summed E-state index contributed by atoms with van der Waals surface area (Å²) < 4.78 is 0. The van der Waals surface area contributed by atoms with E-state index in [1.165, 1.54) is 63.2 Å². The van der Waals surface area contributed by atoms with Gasteiger partial charge in [0.1, 0.15) is 0 Å². The van der Waals surface area contributed by atoms with Crippen molar-refractivity contribution < 1.29 is 0 Å². The first-order valence-corrected chi connectivity index (χ1v) is 9.02. The predicted molar refractivity (Wildman–Crippen MR) is 94.8 cm³/mol. The third kappa shape index (κ3) is 4.02. The molecule has 2 aliphatic heterocycles. The Morgan fingerprint density at radius 2 is 1.95 bits per heavy atom. The lowest BCUT2D eigenvalue weighted by Gasteiger charge is -2.33. The molecule has 2 aliphatic rings. The van der Waals surface area contributed by atoms with Crippen molar-refractivity contribution in [3.63, 3.8) is 0 Å². The highest BCUT2D eigenvalue weighted by molar-refractivity contribution is 5.57. The van der Waals surface area contributed by atoms with E-state index < -0.39 is 0 Å². The third-order valence-electron chi connectivity index (χ3n) is 4.88. The Labute approximate surface area is 135 Å². The zero-order chi connectivity index (χ0) is 15.4. The van der Waals surface area contributed by atoms with Crippen LogP contribution in [0.4, 0.5) is 5.69 Å². The molecule has 2 heterocycles. The zero-order valence-electron chi connectivity index (χ0n) is 14.3. The molecule has 0 unspecified atom stereocenters. The van der Waals surface area contributed by atoms with Crippen molar-refractivity contribution in [1.82, 2.24) is 10.2 Å². The van der Waals surface area contributed by atoms with Gasteiger partial charge in [0, 0.05) is 51.5 Å². The first kappa shape index (κ1) is 15.8. The van der Waals surface area contributed by atoms with E-state index >= 15 is 0 Å². The molecule has 0 saturated carbocycles. The summed E-state index contributed by atoms with van der Waals surface area (Å²) in [7, 11) is 0. The molecule has 0 aliphatic carbocycles. The average Bonchev–Trinajstić information content (AvgIpc) is 2.54. The lowest BCUT2D eigenvalue weighted by Crippen LogP contribution is -2.44. The van der Waals surface area contributed by atoms with E-state index in [1.54, 1.807) is 5.56 Å². The summed E-state index contributed by atoms with van der Waals surface area (Å²) in [5.74, 6) is 0.732. The fraction of sp³-hybridized carbons (Fsp3) is 0.684. The van der Waals surface area contributed by atoms with Crippen LogP contribution in [0.25, 0.3) is 0 Å². The van der Waals surface area contributed by atoms with Crippen LogP contribution in [-0.2, 0) is 12.8 Å². The smallest absolute Gasteiger partial charge is 0.0401 e. The normalized spacial score (nSPS) is 19.5. The van der Waals surface area contributed by atoms with E-state index in [9.17, 15) is 0 Å². The Bertz CT molecular complexity index is 478. The molecule has 3 rings (SSSR count). The molecule has 0 atom stereocenters. The molecule has 22 heavy (non-hydrogen) atoms. The molecular formula is C19H31N3. The number of benzene rings is 1. The molecular weight excluding hydrogens is 270 g/mol. The third-order valence-corrected chi connectivity index (χ3v) is 4.88. The molecule has 0 bridgehead atoms. The van der Waals surface area contributed by atoms with Crippen LogP contribution in [0.3, 0.4) is 0 Å². The lowest BCUT2D eigenvalue weighted by molar-refractivity contribution is 0.244. The molecule has 3 nitrogen and oxygen atoms in total. The summed E-state index contributed by atoms with van der Waals surface area (Å²) in [5, 5.41) is 3.43. The Morgan fingerprint density at radius 1 is 1.14 bits per heavy atom. The summed E-state index contributed by atoms with van der Waals surface area (Å²) in [6, 6.07) is 7.22. The Morgan fingerprint density at radius 3 is 2.73 bits per heavy atom. The summed E-state index contributed by atoms with van der Waals surface area (Å²) in [6.45, 7) is 12.9. The van der Waals surface area contributed by atoms with Crippen molar-refractivity contribution in [2.45, 2.75) is 33.1 Å². The van der Waals surface area contributed by atoms with Crippen LogP contribution < -0.4 is 10.2 Å². The van der Waals surface area contributed by atoms with Gasteiger partial charge in [0.05, 0.1) is 0 Å². The highest BCUT2D eigenvalue weighted by atomic mass is 15.2. The Hall–Kier alpha value is -1.06. The topological polar surface area (TPSA) is 18.5 Å². The van der Waals surface area contributed by atoms with Gasteiger partial charge in [-0.2, -0.15) is 0 Å². The number of hydrogen-bond acceptors (Lipinski definition) is 3. The number of piperazine rings is 1. The summed E-state index contributed by atoms with van der Waals surface area (Å²) in [6.07, 6.45) is 3.74. The maximum absolute atomic E-state index is 3.43. The predicted octanol–water partition coefficient (Wildman–Crippen LogP) is 2.54. The summed E-state index contributed by atoms with van der Waals surface area (Å²) in [4.78, 5) is 5.19. The summed E-state index contributed by atoms with van der Waals surface area (Å²) in [5.41, 5.74) is 4.57. The summed E-state index contributed by atoms with van der Waals surface area (Å²) >= 11 is 0. The molecule has 1 saturated heterocycles. The van der Waals surface area contributed by atoms with Gasteiger partial charge in [0.25, 0.3) is 0 Å². The number of nitrogens with zero attached hydrogens (tertiary/aromatic N) is 2. The highest BCUT2D eigenvalue weighted by Crippen LogP contribution is 2.29. The van der Waals surface area contributed by atoms with E-state index in [0.717, 1.165) is 19.0 Å². The number of fused-ring (bicyclic) bond motifs is 1. The number of nitrogens with one attached hydrogen (secondary N) is 1. The largest absolute Gasteiger partial charge is 0.371 e.